The van der Waals surface area contributed by atoms with E-state index < -0.39 is 10.2 Å². The summed E-state index contributed by atoms with van der Waals surface area (Å²) in [7, 11) is -3.57. The molecule has 0 aliphatic carbocycles. The number of morpholine rings is 1. The highest BCUT2D eigenvalue weighted by Crippen LogP contribution is 2.25. The van der Waals surface area contributed by atoms with Crippen LogP contribution in [-0.2, 0) is 14.9 Å². The highest BCUT2D eigenvalue weighted by atomic mass is 35.5. The Morgan fingerprint density at radius 1 is 1.04 bits per heavy atom. The molecule has 2 fully saturated rings. The van der Waals surface area contributed by atoms with Crippen molar-refractivity contribution < 1.29 is 17.9 Å². The summed E-state index contributed by atoms with van der Waals surface area (Å²) in [6.07, 6.45) is -0.284. The van der Waals surface area contributed by atoms with E-state index in [2.05, 4.69) is 5.32 Å². The third-order valence-corrected chi connectivity index (χ3v) is 7.44. The summed E-state index contributed by atoms with van der Waals surface area (Å²) in [4.78, 5) is 14.0. The average Bonchev–Trinajstić information content (AvgIpc) is 2.64. The fourth-order valence-corrected chi connectivity index (χ4v) is 5.43. The lowest BCUT2D eigenvalue weighted by Crippen LogP contribution is -2.58. The van der Waals surface area contributed by atoms with Gasteiger partial charge in [-0.1, -0.05) is 23.2 Å². The van der Waals surface area contributed by atoms with Crippen LogP contribution in [0, 0.1) is 0 Å². The lowest BCUT2D eigenvalue weighted by molar-refractivity contribution is -0.0456. The first-order valence-corrected chi connectivity index (χ1v) is 11.2. The Hall–Kier alpha value is -1.10. The number of nitrogens with one attached hydrogen (secondary N) is 1. The molecule has 2 saturated heterocycles. The third kappa shape index (κ3) is 4.90. The molecule has 3 rings (SSSR count). The van der Waals surface area contributed by atoms with Gasteiger partial charge in [-0.25, -0.2) is 4.79 Å². The van der Waals surface area contributed by atoms with E-state index in [-0.39, 0.29) is 31.3 Å². The highest BCUT2D eigenvalue weighted by molar-refractivity contribution is 7.86. The molecule has 11 heteroatoms. The largest absolute Gasteiger partial charge is 0.373 e. The second kappa shape index (κ2) is 8.73. The number of carbonyl (C=O) groups excluding carboxylic acids is 1. The molecule has 1 N–H and O–H groups in total. The van der Waals surface area contributed by atoms with E-state index in [0.717, 1.165) is 0 Å². The Labute approximate surface area is 175 Å². The number of amides is 2. The zero-order chi connectivity index (χ0) is 20.5. The van der Waals surface area contributed by atoms with Gasteiger partial charge in [0.2, 0.25) is 0 Å². The third-order valence-electron chi connectivity index (χ3n) is 4.74. The van der Waals surface area contributed by atoms with E-state index in [1.54, 1.807) is 23.1 Å². The molecule has 0 radical (unpaired) electrons. The fourth-order valence-electron chi connectivity index (χ4n) is 3.38. The molecule has 2 aliphatic heterocycles. The van der Waals surface area contributed by atoms with Crippen molar-refractivity contribution in [1.29, 1.82) is 0 Å². The van der Waals surface area contributed by atoms with E-state index in [9.17, 15) is 13.2 Å². The summed E-state index contributed by atoms with van der Waals surface area (Å²) in [5.74, 6) is 0. The summed E-state index contributed by atoms with van der Waals surface area (Å²) in [5, 5.41) is 3.52. The van der Waals surface area contributed by atoms with Crippen molar-refractivity contribution in [1.82, 2.24) is 13.5 Å². The Kier molecular flexibility index (Phi) is 6.73. The monoisotopic (exact) mass is 450 g/mol. The topological polar surface area (TPSA) is 82.2 Å². The minimum Gasteiger partial charge on any atom is -0.373 e. The first-order chi connectivity index (χ1) is 13.2. The van der Waals surface area contributed by atoms with E-state index in [1.807, 2.05) is 13.8 Å². The van der Waals surface area contributed by atoms with Crippen molar-refractivity contribution in [3.05, 3.63) is 28.2 Å². The zero-order valence-corrected chi connectivity index (χ0v) is 18.1. The van der Waals surface area contributed by atoms with Crippen LogP contribution in [0.5, 0.6) is 0 Å². The van der Waals surface area contributed by atoms with Gasteiger partial charge in [-0.3, -0.25) is 0 Å². The molecule has 0 aromatic heterocycles. The first-order valence-electron chi connectivity index (χ1n) is 9.08. The van der Waals surface area contributed by atoms with Crippen LogP contribution in [0.4, 0.5) is 10.5 Å². The van der Waals surface area contributed by atoms with E-state index >= 15 is 0 Å². The number of rotatable bonds is 3. The van der Waals surface area contributed by atoms with Gasteiger partial charge in [-0.05, 0) is 32.0 Å². The number of benzene rings is 1. The summed E-state index contributed by atoms with van der Waals surface area (Å²) in [5.41, 5.74) is 0.533. The number of hydrogen-bond acceptors (Lipinski definition) is 4. The maximum atomic E-state index is 12.9. The first kappa shape index (κ1) is 21.6. The molecular formula is C17H24Cl2N4O4S. The van der Waals surface area contributed by atoms with Crippen LogP contribution in [0.3, 0.4) is 0 Å². The number of anilines is 1. The van der Waals surface area contributed by atoms with E-state index in [1.165, 1.54) is 8.61 Å². The van der Waals surface area contributed by atoms with Crippen molar-refractivity contribution in [2.24, 2.45) is 0 Å². The van der Waals surface area contributed by atoms with Gasteiger partial charge < -0.3 is 15.0 Å². The van der Waals surface area contributed by atoms with Gasteiger partial charge in [0.05, 0.1) is 22.3 Å². The summed E-state index contributed by atoms with van der Waals surface area (Å²) >= 11 is 11.8. The number of piperazine rings is 1. The molecule has 1 aromatic carbocycles. The molecule has 0 saturated carbocycles. The number of hydrogen-bond donors (Lipinski definition) is 1. The molecule has 2 amide bonds. The van der Waals surface area contributed by atoms with Gasteiger partial charge in [0.1, 0.15) is 0 Å². The molecule has 0 unspecified atom stereocenters. The summed E-state index contributed by atoms with van der Waals surface area (Å²) in [6.45, 7) is 5.51. The quantitative estimate of drug-likeness (QED) is 0.766. The summed E-state index contributed by atoms with van der Waals surface area (Å²) < 4.78 is 34.4. The molecule has 2 aliphatic rings. The van der Waals surface area contributed by atoms with E-state index in [4.69, 9.17) is 27.9 Å². The fraction of sp³-hybridized carbons (Fsp3) is 0.588. The highest BCUT2D eigenvalue weighted by Gasteiger charge is 2.37. The Morgan fingerprint density at radius 3 is 2.21 bits per heavy atom. The Morgan fingerprint density at radius 2 is 1.64 bits per heavy atom. The average molecular weight is 451 g/mol. The molecule has 2 atom stereocenters. The smallest absolute Gasteiger partial charge is 0.321 e. The van der Waals surface area contributed by atoms with Crippen LogP contribution in [0.25, 0.3) is 0 Å². The standard InChI is InChI=1S/C17H24Cl2N4O4S/c1-12-10-23(11-13(2)27-12)28(25,26)22-7-5-21(6-8-22)17(24)20-14-3-4-15(18)16(19)9-14/h3-4,9,12-13H,5-8,10-11H2,1-2H3,(H,20,24)/t12-,13-/m0/s1. The van der Waals surface area contributed by atoms with Gasteiger partial charge >= 0.3 is 6.03 Å². The van der Waals surface area contributed by atoms with Crippen LogP contribution < -0.4 is 5.32 Å². The molecule has 0 spiro atoms. The van der Waals surface area contributed by atoms with Crippen molar-refractivity contribution in [2.75, 3.05) is 44.6 Å². The Bertz CT molecular complexity index is 820. The maximum Gasteiger partial charge on any atom is 0.321 e. The van der Waals surface area contributed by atoms with Crippen LogP contribution in [0.2, 0.25) is 10.0 Å². The minimum absolute atomic E-state index is 0.142. The number of ether oxygens (including phenoxy) is 1. The molecule has 156 valence electrons. The van der Waals surface area contributed by atoms with Gasteiger partial charge in [0, 0.05) is 45.0 Å². The number of carbonyl (C=O) groups is 1. The minimum atomic E-state index is -3.57. The Balaban J connectivity index is 1.57. The lowest BCUT2D eigenvalue weighted by Gasteiger charge is -2.40. The van der Waals surface area contributed by atoms with Crippen LogP contribution in [0.15, 0.2) is 18.2 Å². The molecular weight excluding hydrogens is 427 g/mol. The number of urea groups is 1. The van der Waals surface area contributed by atoms with Crippen molar-refractivity contribution in [3.63, 3.8) is 0 Å². The van der Waals surface area contributed by atoms with Crippen LogP contribution in [0.1, 0.15) is 13.8 Å². The number of nitrogens with zero attached hydrogens (tertiary/aromatic N) is 3. The van der Waals surface area contributed by atoms with Gasteiger partial charge in [0.15, 0.2) is 0 Å². The predicted octanol–water partition coefficient (Wildman–Crippen LogP) is 2.50. The second-order valence-corrected chi connectivity index (χ2v) is 9.77. The van der Waals surface area contributed by atoms with Crippen molar-refractivity contribution >= 4 is 45.1 Å². The normalized spacial score (nSPS) is 24.9. The number of halogens is 2. The maximum absolute atomic E-state index is 12.9. The SMILES string of the molecule is C[C@H]1CN(S(=O)(=O)N2CCN(C(=O)Nc3ccc(Cl)c(Cl)c3)CC2)C[C@H](C)O1. The van der Waals surface area contributed by atoms with Gasteiger partial charge in [-0.2, -0.15) is 17.0 Å². The molecule has 28 heavy (non-hydrogen) atoms. The van der Waals surface area contributed by atoms with Gasteiger partial charge in [0.25, 0.3) is 10.2 Å². The second-order valence-electron chi connectivity index (χ2n) is 7.03. The van der Waals surface area contributed by atoms with Crippen LogP contribution >= 0.6 is 23.2 Å². The lowest BCUT2D eigenvalue weighted by atomic mass is 10.3. The molecule has 1 aromatic rings. The van der Waals surface area contributed by atoms with Crippen molar-refractivity contribution in [2.45, 2.75) is 26.1 Å². The van der Waals surface area contributed by atoms with Crippen molar-refractivity contribution in [3.8, 4) is 0 Å². The van der Waals surface area contributed by atoms with Gasteiger partial charge in [-0.15, -0.1) is 0 Å². The van der Waals surface area contributed by atoms with E-state index in [0.29, 0.717) is 41.9 Å². The molecule has 0 bridgehead atoms. The molecule has 2 heterocycles. The van der Waals surface area contributed by atoms with Crippen LogP contribution in [-0.4, -0.2) is 79.4 Å². The predicted molar refractivity (Wildman–Crippen MR) is 109 cm³/mol. The summed E-state index contributed by atoms with van der Waals surface area (Å²) in [6, 6.07) is 4.54. The molecule has 8 nitrogen and oxygen atoms in total. The zero-order valence-electron chi connectivity index (χ0n) is 15.8.